The van der Waals surface area contributed by atoms with Gasteiger partial charge in [0.2, 0.25) is 6.43 Å². The molecule has 0 saturated carbocycles. The van der Waals surface area contributed by atoms with Crippen molar-refractivity contribution in [3.05, 3.63) is 52.8 Å². The lowest BCUT2D eigenvalue weighted by molar-refractivity contribution is 0.0763. The van der Waals surface area contributed by atoms with E-state index in [1.165, 1.54) is 0 Å². The number of H-pyrrole nitrogens is 1. The molecule has 164 valence electrons. The van der Waals surface area contributed by atoms with E-state index >= 15 is 0 Å². The van der Waals surface area contributed by atoms with Gasteiger partial charge in [-0.15, -0.1) is 0 Å². The van der Waals surface area contributed by atoms with Gasteiger partial charge in [0.1, 0.15) is 0 Å². The lowest BCUT2D eigenvalue weighted by Crippen LogP contribution is -2.34. The van der Waals surface area contributed by atoms with Crippen LogP contribution in [-0.4, -0.2) is 65.3 Å². The predicted molar refractivity (Wildman–Crippen MR) is 119 cm³/mol. The zero-order valence-electron chi connectivity index (χ0n) is 18.2. The average Bonchev–Trinajstić information content (AvgIpc) is 2.91. The Balaban J connectivity index is 1.77. The first-order valence-corrected chi connectivity index (χ1v) is 10.7. The summed E-state index contributed by atoms with van der Waals surface area (Å²) in [6.45, 7) is 6.96. The molecule has 0 spiro atoms. The monoisotopic (exact) mass is 426 g/mol. The molecule has 0 unspecified atom stereocenters. The fraction of sp³-hybridized carbons (Fsp3) is 0.417. The van der Waals surface area contributed by atoms with E-state index in [2.05, 4.69) is 21.9 Å². The Morgan fingerprint density at radius 3 is 2.55 bits per heavy atom. The van der Waals surface area contributed by atoms with Crippen molar-refractivity contribution in [1.29, 1.82) is 0 Å². The van der Waals surface area contributed by atoms with Crippen molar-refractivity contribution in [2.45, 2.75) is 33.1 Å². The first-order chi connectivity index (χ1) is 14.8. The molecule has 1 aliphatic rings. The highest BCUT2D eigenvalue weighted by molar-refractivity contribution is 6.00. The highest BCUT2D eigenvalue weighted by Crippen LogP contribution is 2.33. The number of nitrogens with one attached hydrogen (secondary N) is 1. The van der Waals surface area contributed by atoms with Crippen molar-refractivity contribution in [1.82, 2.24) is 19.8 Å². The summed E-state index contributed by atoms with van der Waals surface area (Å²) in [5.41, 5.74) is 5.01. The number of carbonyl (C=O) groups is 1. The molecule has 1 fully saturated rings. The van der Waals surface area contributed by atoms with E-state index < -0.39 is 6.43 Å². The maximum Gasteiger partial charge on any atom is 0.253 e. The van der Waals surface area contributed by atoms with Crippen LogP contribution >= 0.6 is 0 Å². The summed E-state index contributed by atoms with van der Waals surface area (Å²) in [4.78, 5) is 24.9. The van der Waals surface area contributed by atoms with Crippen LogP contribution in [0.2, 0.25) is 0 Å². The second-order valence-electron chi connectivity index (χ2n) is 8.42. The SMILES string of the molecule is Cc1cc(-c2[nH]c3ccc(C(=O)N4CCCN(C)CC4)cc3c2CC(F)F)cc(C)n1. The highest BCUT2D eigenvalue weighted by Gasteiger charge is 2.22. The summed E-state index contributed by atoms with van der Waals surface area (Å²) in [5, 5.41) is 0.681. The number of alkyl halides is 2. The summed E-state index contributed by atoms with van der Waals surface area (Å²) in [6, 6.07) is 9.17. The van der Waals surface area contributed by atoms with Crippen LogP contribution in [0.15, 0.2) is 30.3 Å². The van der Waals surface area contributed by atoms with Gasteiger partial charge in [0.15, 0.2) is 0 Å². The molecule has 5 nitrogen and oxygen atoms in total. The number of carbonyl (C=O) groups excluding carboxylic acids is 1. The lowest BCUT2D eigenvalue weighted by atomic mass is 10.0. The third-order valence-electron chi connectivity index (χ3n) is 5.89. The number of pyridine rings is 1. The first kappa shape index (κ1) is 21.4. The Morgan fingerprint density at radius 2 is 1.84 bits per heavy atom. The molecular weight excluding hydrogens is 398 g/mol. The molecule has 0 bridgehead atoms. The number of aromatic nitrogens is 2. The normalized spacial score (nSPS) is 15.6. The van der Waals surface area contributed by atoms with Crippen molar-refractivity contribution in [2.24, 2.45) is 0 Å². The van der Waals surface area contributed by atoms with Gasteiger partial charge >= 0.3 is 0 Å². The maximum atomic E-state index is 13.5. The number of fused-ring (bicyclic) bond motifs is 1. The zero-order chi connectivity index (χ0) is 22.1. The standard InChI is InChI=1S/C24H28F2N4O/c1-15-11-18(12-16(2)27-15)23-20(14-22(25)26)19-13-17(5-6-21(19)28-23)24(31)30-8-4-7-29(3)9-10-30/h5-6,11-13,22,28H,4,7-10,14H2,1-3H3. The van der Waals surface area contributed by atoms with Crippen molar-refractivity contribution in [3.63, 3.8) is 0 Å². The van der Waals surface area contributed by atoms with Crippen LogP contribution in [0.4, 0.5) is 8.78 Å². The number of likely N-dealkylation sites (N-methyl/N-ethyl adjacent to an activating group) is 1. The molecular formula is C24H28F2N4O. The molecule has 1 aromatic carbocycles. The van der Waals surface area contributed by atoms with Gasteiger partial charge in [-0.1, -0.05) is 0 Å². The third-order valence-corrected chi connectivity index (χ3v) is 5.89. The largest absolute Gasteiger partial charge is 0.354 e. The summed E-state index contributed by atoms with van der Waals surface area (Å²) < 4.78 is 27.0. The number of rotatable bonds is 4. The zero-order valence-corrected chi connectivity index (χ0v) is 18.2. The van der Waals surface area contributed by atoms with Crippen LogP contribution in [0.5, 0.6) is 0 Å². The minimum absolute atomic E-state index is 0.0430. The smallest absolute Gasteiger partial charge is 0.253 e. The fourth-order valence-corrected chi connectivity index (χ4v) is 4.40. The van der Waals surface area contributed by atoms with Crippen LogP contribution in [0.1, 0.15) is 33.7 Å². The van der Waals surface area contributed by atoms with Crippen LogP contribution < -0.4 is 0 Å². The van der Waals surface area contributed by atoms with E-state index in [0.717, 1.165) is 42.0 Å². The number of hydrogen-bond acceptors (Lipinski definition) is 3. The van der Waals surface area contributed by atoms with Gasteiger partial charge in [-0.25, -0.2) is 8.78 Å². The second-order valence-corrected chi connectivity index (χ2v) is 8.42. The molecule has 1 amide bonds. The lowest BCUT2D eigenvalue weighted by Gasteiger charge is -2.20. The Labute approximate surface area is 181 Å². The van der Waals surface area contributed by atoms with E-state index in [0.29, 0.717) is 35.3 Å². The minimum atomic E-state index is -2.48. The summed E-state index contributed by atoms with van der Waals surface area (Å²) in [6.07, 6.45) is -1.93. The molecule has 0 radical (unpaired) electrons. The third kappa shape index (κ3) is 4.61. The first-order valence-electron chi connectivity index (χ1n) is 10.7. The number of aryl methyl sites for hydroxylation is 2. The maximum absolute atomic E-state index is 13.5. The molecule has 0 aliphatic carbocycles. The van der Waals surface area contributed by atoms with E-state index in [1.807, 2.05) is 36.9 Å². The molecule has 1 aliphatic heterocycles. The van der Waals surface area contributed by atoms with Crippen molar-refractivity contribution >= 4 is 16.8 Å². The molecule has 31 heavy (non-hydrogen) atoms. The molecule has 4 rings (SSSR count). The average molecular weight is 427 g/mol. The molecule has 1 saturated heterocycles. The van der Waals surface area contributed by atoms with Gasteiger partial charge in [0.25, 0.3) is 5.91 Å². The molecule has 3 aromatic rings. The van der Waals surface area contributed by atoms with Gasteiger partial charge in [-0.05, 0) is 69.8 Å². The fourth-order valence-electron chi connectivity index (χ4n) is 4.40. The number of aromatic amines is 1. The highest BCUT2D eigenvalue weighted by atomic mass is 19.3. The molecule has 3 heterocycles. The Bertz CT molecular complexity index is 1090. The van der Waals surface area contributed by atoms with Crippen molar-refractivity contribution in [2.75, 3.05) is 33.2 Å². The van der Waals surface area contributed by atoms with Crippen LogP contribution in [0, 0.1) is 13.8 Å². The number of benzene rings is 1. The Kier molecular flexibility index (Phi) is 6.05. The number of amides is 1. The quantitative estimate of drug-likeness (QED) is 0.671. The van der Waals surface area contributed by atoms with E-state index in [9.17, 15) is 13.6 Å². The van der Waals surface area contributed by atoms with E-state index in [1.54, 1.807) is 12.1 Å². The number of nitrogens with zero attached hydrogens (tertiary/aromatic N) is 3. The number of halogens is 2. The van der Waals surface area contributed by atoms with E-state index in [4.69, 9.17) is 0 Å². The summed E-state index contributed by atoms with van der Waals surface area (Å²) in [7, 11) is 2.06. The van der Waals surface area contributed by atoms with Crippen LogP contribution in [-0.2, 0) is 6.42 Å². The Hall–Kier alpha value is -2.80. The van der Waals surface area contributed by atoms with Gasteiger partial charge in [0, 0.05) is 59.5 Å². The van der Waals surface area contributed by atoms with Gasteiger partial charge in [-0.2, -0.15) is 0 Å². The second kappa shape index (κ2) is 8.75. The predicted octanol–water partition coefficient (Wildman–Crippen LogP) is 4.43. The number of hydrogen-bond donors (Lipinski definition) is 1. The Morgan fingerprint density at radius 1 is 1.10 bits per heavy atom. The minimum Gasteiger partial charge on any atom is -0.354 e. The van der Waals surface area contributed by atoms with Crippen molar-refractivity contribution < 1.29 is 13.6 Å². The van der Waals surface area contributed by atoms with E-state index in [-0.39, 0.29) is 12.3 Å². The van der Waals surface area contributed by atoms with Crippen LogP contribution in [0.3, 0.4) is 0 Å². The summed E-state index contributed by atoms with van der Waals surface area (Å²) >= 11 is 0. The molecule has 1 N–H and O–H groups in total. The molecule has 2 aromatic heterocycles. The molecule has 7 heteroatoms. The summed E-state index contributed by atoms with van der Waals surface area (Å²) in [5.74, 6) is -0.0430. The van der Waals surface area contributed by atoms with Crippen molar-refractivity contribution in [3.8, 4) is 11.3 Å². The topological polar surface area (TPSA) is 52.2 Å². The van der Waals surface area contributed by atoms with Gasteiger partial charge in [-0.3, -0.25) is 9.78 Å². The molecule has 0 atom stereocenters. The van der Waals surface area contributed by atoms with Gasteiger partial charge in [0.05, 0.1) is 5.69 Å². The van der Waals surface area contributed by atoms with Gasteiger partial charge < -0.3 is 14.8 Å². The van der Waals surface area contributed by atoms with Crippen LogP contribution in [0.25, 0.3) is 22.2 Å².